The Bertz CT molecular complexity index is 333. The van der Waals surface area contributed by atoms with Gasteiger partial charge in [0.25, 0.3) is 0 Å². The molecular formula is C12H21N3O. The molecule has 1 unspecified atom stereocenters. The van der Waals surface area contributed by atoms with E-state index in [0.29, 0.717) is 12.5 Å². The average molecular weight is 223 g/mol. The van der Waals surface area contributed by atoms with Crippen molar-refractivity contribution in [1.82, 2.24) is 15.2 Å². The van der Waals surface area contributed by atoms with Gasteiger partial charge in [-0.15, -0.1) is 0 Å². The minimum atomic E-state index is 0.0787. The van der Waals surface area contributed by atoms with Crippen LogP contribution in [0, 0.1) is 0 Å². The number of amides is 1. The van der Waals surface area contributed by atoms with Gasteiger partial charge in [-0.3, -0.25) is 4.79 Å². The maximum atomic E-state index is 11.1. The van der Waals surface area contributed by atoms with E-state index in [9.17, 15) is 4.79 Å². The molecule has 0 fully saturated rings. The van der Waals surface area contributed by atoms with E-state index in [1.54, 1.807) is 7.05 Å². The van der Waals surface area contributed by atoms with Gasteiger partial charge in [0, 0.05) is 38.4 Å². The highest BCUT2D eigenvalue weighted by Gasteiger charge is 2.05. The third-order valence-corrected chi connectivity index (χ3v) is 2.66. The van der Waals surface area contributed by atoms with Crippen LogP contribution in [0.2, 0.25) is 0 Å². The molecule has 0 aliphatic carbocycles. The Kier molecular flexibility index (Phi) is 5.05. The number of hydrogen-bond acceptors (Lipinski definition) is 2. The van der Waals surface area contributed by atoms with Crippen LogP contribution in [-0.4, -0.2) is 24.1 Å². The molecule has 0 bridgehead atoms. The number of aromatic nitrogens is 1. The van der Waals surface area contributed by atoms with Crippen molar-refractivity contribution in [2.45, 2.75) is 32.9 Å². The Labute approximate surface area is 97.0 Å². The normalized spacial score (nSPS) is 12.4. The van der Waals surface area contributed by atoms with Crippen LogP contribution in [0.5, 0.6) is 0 Å². The number of nitrogens with one attached hydrogen (secondary N) is 2. The molecule has 1 atom stereocenters. The Morgan fingerprint density at radius 2 is 2.31 bits per heavy atom. The molecule has 0 aliphatic rings. The zero-order chi connectivity index (χ0) is 12.0. The standard InChI is InChI=1S/C12H21N3O/c1-4-14-10(2)11-5-7-15(9-11)8-6-12(16)13-3/h5,7,9-10,14H,4,6,8H2,1-3H3,(H,13,16). The summed E-state index contributed by atoms with van der Waals surface area (Å²) in [6.45, 7) is 5.93. The third kappa shape index (κ3) is 3.70. The van der Waals surface area contributed by atoms with Crippen LogP contribution in [0.3, 0.4) is 0 Å². The molecule has 1 aromatic heterocycles. The molecule has 1 aromatic rings. The third-order valence-electron chi connectivity index (χ3n) is 2.66. The van der Waals surface area contributed by atoms with Crippen molar-refractivity contribution >= 4 is 5.91 Å². The number of nitrogens with zero attached hydrogens (tertiary/aromatic N) is 1. The Hall–Kier alpha value is -1.29. The highest BCUT2D eigenvalue weighted by molar-refractivity contribution is 5.75. The molecule has 0 saturated heterocycles. The molecule has 2 N–H and O–H groups in total. The van der Waals surface area contributed by atoms with E-state index < -0.39 is 0 Å². The summed E-state index contributed by atoms with van der Waals surface area (Å²) in [5.74, 6) is 0.0787. The summed E-state index contributed by atoms with van der Waals surface area (Å²) < 4.78 is 2.05. The molecular weight excluding hydrogens is 202 g/mol. The summed E-state index contributed by atoms with van der Waals surface area (Å²) in [5, 5.41) is 5.98. The minimum Gasteiger partial charge on any atom is -0.359 e. The molecule has 90 valence electrons. The van der Waals surface area contributed by atoms with Gasteiger partial charge in [-0.1, -0.05) is 6.92 Å². The zero-order valence-corrected chi connectivity index (χ0v) is 10.3. The molecule has 1 rings (SSSR count). The number of carbonyl (C=O) groups excluding carboxylic acids is 1. The molecule has 1 amide bonds. The van der Waals surface area contributed by atoms with Crippen LogP contribution < -0.4 is 10.6 Å². The summed E-state index contributed by atoms with van der Waals surface area (Å²) in [5.41, 5.74) is 1.26. The van der Waals surface area contributed by atoms with E-state index in [-0.39, 0.29) is 5.91 Å². The van der Waals surface area contributed by atoms with Crippen molar-refractivity contribution in [3.63, 3.8) is 0 Å². The van der Waals surface area contributed by atoms with Crippen molar-refractivity contribution in [2.24, 2.45) is 0 Å². The topological polar surface area (TPSA) is 46.1 Å². The van der Waals surface area contributed by atoms with Crippen LogP contribution in [-0.2, 0) is 11.3 Å². The van der Waals surface area contributed by atoms with Crippen LogP contribution in [0.25, 0.3) is 0 Å². The number of aryl methyl sites for hydroxylation is 1. The average Bonchev–Trinajstić information content (AvgIpc) is 2.75. The van der Waals surface area contributed by atoms with E-state index >= 15 is 0 Å². The maximum absolute atomic E-state index is 11.1. The van der Waals surface area contributed by atoms with Crippen molar-refractivity contribution < 1.29 is 4.79 Å². The Morgan fingerprint density at radius 1 is 1.56 bits per heavy atom. The van der Waals surface area contributed by atoms with E-state index in [1.165, 1.54) is 5.56 Å². The van der Waals surface area contributed by atoms with Crippen LogP contribution >= 0.6 is 0 Å². The fourth-order valence-electron chi connectivity index (χ4n) is 1.63. The van der Waals surface area contributed by atoms with E-state index in [1.807, 2.05) is 6.20 Å². The SMILES string of the molecule is CCNC(C)c1ccn(CCC(=O)NC)c1. The first-order chi connectivity index (χ1) is 7.67. The van der Waals surface area contributed by atoms with Gasteiger partial charge in [-0.2, -0.15) is 0 Å². The largest absolute Gasteiger partial charge is 0.359 e. The number of carbonyl (C=O) groups is 1. The van der Waals surface area contributed by atoms with Crippen LogP contribution in [0.4, 0.5) is 0 Å². The molecule has 4 heteroatoms. The zero-order valence-electron chi connectivity index (χ0n) is 10.3. The molecule has 0 radical (unpaired) electrons. The smallest absolute Gasteiger partial charge is 0.221 e. The van der Waals surface area contributed by atoms with Gasteiger partial charge in [0.2, 0.25) is 5.91 Å². The van der Waals surface area contributed by atoms with Crippen molar-refractivity contribution in [1.29, 1.82) is 0 Å². The van der Waals surface area contributed by atoms with Gasteiger partial charge >= 0.3 is 0 Å². The summed E-state index contributed by atoms with van der Waals surface area (Å²) in [7, 11) is 1.66. The second kappa shape index (κ2) is 6.33. The lowest BCUT2D eigenvalue weighted by Crippen LogP contribution is -2.19. The Balaban J connectivity index is 2.48. The van der Waals surface area contributed by atoms with Crippen LogP contribution in [0.1, 0.15) is 31.9 Å². The molecule has 0 spiro atoms. The second-order valence-electron chi connectivity index (χ2n) is 3.89. The summed E-state index contributed by atoms with van der Waals surface area (Å²) in [4.78, 5) is 11.1. The fraction of sp³-hybridized carbons (Fsp3) is 0.583. The van der Waals surface area contributed by atoms with E-state index in [2.05, 4.69) is 41.3 Å². The predicted molar refractivity (Wildman–Crippen MR) is 65.2 cm³/mol. The predicted octanol–water partition coefficient (Wildman–Crippen LogP) is 1.29. The molecule has 0 aromatic carbocycles. The van der Waals surface area contributed by atoms with Crippen molar-refractivity contribution in [2.75, 3.05) is 13.6 Å². The van der Waals surface area contributed by atoms with Gasteiger partial charge in [-0.05, 0) is 25.1 Å². The fourth-order valence-corrected chi connectivity index (χ4v) is 1.63. The second-order valence-corrected chi connectivity index (χ2v) is 3.89. The quantitative estimate of drug-likeness (QED) is 0.763. The highest BCUT2D eigenvalue weighted by atomic mass is 16.1. The lowest BCUT2D eigenvalue weighted by Gasteiger charge is -2.09. The highest BCUT2D eigenvalue weighted by Crippen LogP contribution is 2.12. The first-order valence-corrected chi connectivity index (χ1v) is 5.77. The van der Waals surface area contributed by atoms with E-state index in [4.69, 9.17) is 0 Å². The number of hydrogen-bond donors (Lipinski definition) is 2. The monoisotopic (exact) mass is 223 g/mol. The first kappa shape index (κ1) is 12.8. The van der Waals surface area contributed by atoms with Crippen molar-refractivity contribution in [3.8, 4) is 0 Å². The molecule has 4 nitrogen and oxygen atoms in total. The summed E-state index contributed by atoms with van der Waals surface area (Å²) >= 11 is 0. The molecule has 0 saturated carbocycles. The van der Waals surface area contributed by atoms with Gasteiger partial charge in [0.1, 0.15) is 0 Å². The first-order valence-electron chi connectivity index (χ1n) is 5.77. The van der Waals surface area contributed by atoms with Gasteiger partial charge in [0.15, 0.2) is 0 Å². The molecule has 1 heterocycles. The van der Waals surface area contributed by atoms with Crippen LogP contribution in [0.15, 0.2) is 18.5 Å². The Morgan fingerprint density at radius 3 is 2.94 bits per heavy atom. The lowest BCUT2D eigenvalue weighted by atomic mass is 10.2. The summed E-state index contributed by atoms with van der Waals surface area (Å²) in [6.07, 6.45) is 4.64. The van der Waals surface area contributed by atoms with Gasteiger partial charge in [-0.25, -0.2) is 0 Å². The summed E-state index contributed by atoms with van der Waals surface area (Å²) in [6, 6.07) is 2.46. The number of rotatable bonds is 6. The van der Waals surface area contributed by atoms with Gasteiger partial charge in [0.05, 0.1) is 0 Å². The molecule has 16 heavy (non-hydrogen) atoms. The van der Waals surface area contributed by atoms with E-state index in [0.717, 1.165) is 13.1 Å². The molecule has 0 aliphatic heterocycles. The maximum Gasteiger partial charge on any atom is 0.221 e. The lowest BCUT2D eigenvalue weighted by molar-refractivity contribution is -0.120. The van der Waals surface area contributed by atoms with Gasteiger partial charge < -0.3 is 15.2 Å². The minimum absolute atomic E-state index is 0.0787. The van der Waals surface area contributed by atoms with Crippen molar-refractivity contribution in [3.05, 3.63) is 24.0 Å².